The van der Waals surface area contributed by atoms with Crippen LogP contribution < -0.4 is 0 Å². The van der Waals surface area contributed by atoms with E-state index in [9.17, 15) is 9.90 Å². The van der Waals surface area contributed by atoms with Crippen LogP contribution in [0.4, 0.5) is 0 Å². The van der Waals surface area contributed by atoms with Crippen LogP contribution in [0, 0.1) is 0 Å². The van der Waals surface area contributed by atoms with Crippen LogP contribution in [0.3, 0.4) is 0 Å². The number of aliphatic hydroxyl groups excluding tert-OH is 1. The molecule has 0 saturated carbocycles. The SMILES string of the molecule is CCC(=O)[C@@H](O)[C@H]1CCOC(C)(C)O1. The van der Waals surface area contributed by atoms with Gasteiger partial charge < -0.3 is 14.6 Å². The molecule has 0 amide bonds. The molecule has 0 unspecified atom stereocenters. The van der Waals surface area contributed by atoms with Gasteiger partial charge in [-0.15, -0.1) is 0 Å². The summed E-state index contributed by atoms with van der Waals surface area (Å²) in [5.74, 6) is -0.870. The smallest absolute Gasteiger partial charge is 0.163 e. The third kappa shape index (κ3) is 2.77. The Labute approximate surface area is 84.2 Å². The van der Waals surface area contributed by atoms with Crippen molar-refractivity contribution in [2.24, 2.45) is 0 Å². The molecule has 0 bridgehead atoms. The molecule has 0 spiro atoms. The fraction of sp³-hybridized carbons (Fsp3) is 0.900. The highest BCUT2D eigenvalue weighted by Gasteiger charge is 2.35. The maximum absolute atomic E-state index is 11.3. The van der Waals surface area contributed by atoms with Crippen molar-refractivity contribution in [3.05, 3.63) is 0 Å². The van der Waals surface area contributed by atoms with Crippen molar-refractivity contribution in [2.45, 2.75) is 51.6 Å². The minimum Gasteiger partial charge on any atom is -0.383 e. The van der Waals surface area contributed by atoms with Crippen LogP contribution in [0.2, 0.25) is 0 Å². The van der Waals surface area contributed by atoms with Gasteiger partial charge in [0.1, 0.15) is 6.10 Å². The van der Waals surface area contributed by atoms with Gasteiger partial charge in [-0.3, -0.25) is 4.79 Å². The van der Waals surface area contributed by atoms with Gasteiger partial charge in [0, 0.05) is 12.8 Å². The standard InChI is InChI=1S/C10H18O4/c1-4-7(11)9(12)8-5-6-13-10(2,3)14-8/h8-9,12H,4-6H2,1-3H3/t8-,9-/m1/s1. The van der Waals surface area contributed by atoms with Crippen LogP contribution in [0.5, 0.6) is 0 Å². The highest BCUT2D eigenvalue weighted by molar-refractivity contribution is 5.83. The number of hydrogen-bond donors (Lipinski definition) is 1. The van der Waals surface area contributed by atoms with Crippen LogP contribution in [0.15, 0.2) is 0 Å². The Morgan fingerprint density at radius 3 is 2.79 bits per heavy atom. The minimum absolute atomic E-state index is 0.173. The largest absolute Gasteiger partial charge is 0.383 e. The number of ether oxygens (including phenoxy) is 2. The number of aliphatic hydroxyl groups is 1. The molecule has 4 nitrogen and oxygen atoms in total. The molecule has 1 rings (SSSR count). The van der Waals surface area contributed by atoms with E-state index in [1.807, 2.05) is 0 Å². The molecule has 1 fully saturated rings. The fourth-order valence-corrected chi connectivity index (χ4v) is 1.52. The maximum atomic E-state index is 11.3. The van der Waals surface area contributed by atoms with E-state index in [2.05, 4.69) is 0 Å². The molecule has 0 aromatic rings. The number of carbonyl (C=O) groups excluding carboxylic acids is 1. The van der Waals surface area contributed by atoms with Gasteiger partial charge in [0.2, 0.25) is 0 Å². The van der Waals surface area contributed by atoms with Gasteiger partial charge in [-0.2, -0.15) is 0 Å². The lowest BCUT2D eigenvalue weighted by Gasteiger charge is -2.37. The quantitative estimate of drug-likeness (QED) is 0.737. The van der Waals surface area contributed by atoms with Gasteiger partial charge in [-0.1, -0.05) is 6.92 Å². The van der Waals surface area contributed by atoms with Gasteiger partial charge in [-0.25, -0.2) is 0 Å². The molecule has 4 heteroatoms. The number of Topliss-reactive ketones (excluding diaryl/α,β-unsaturated/α-hetero) is 1. The van der Waals surface area contributed by atoms with Crippen LogP contribution in [-0.4, -0.2) is 35.5 Å². The molecular formula is C10H18O4. The topological polar surface area (TPSA) is 55.8 Å². The van der Waals surface area contributed by atoms with Crippen LogP contribution >= 0.6 is 0 Å². The Morgan fingerprint density at radius 2 is 2.29 bits per heavy atom. The Morgan fingerprint density at radius 1 is 1.64 bits per heavy atom. The average molecular weight is 202 g/mol. The van der Waals surface area contributed by atoms with E-state index in [1.54, 1.807) is 20.8 Å². The zero-order valence-electron chi connectivity index (χ0n) is 8.95. The van der Waals surface area contributed by atoms with Gasteiger partial charge in [0.05, 0.1) is 12.7 Å². The number of hydrogen-bond acceptors (Lipinski definition) is 4. The van der Waals surface area contributed by atoms with Gasteiger partial charge >= 0.3 is 0 Å². The molecular weight excluding hydrogens is 184 g/mol. The molecule has 82 valence electrons. The molecule has 14 heavy (non-hydrogen) atoms. The van der Waals surface area contributed by atoms with E-state index < -0.39 is 18.0 Å². The molecule has 1 N–H and O–H groups in total. The molecule has 2 atom stereocenters. The number of ketones is 1. The summed E-state index contributed by atoms with van der Waals surface area (Å²) >= 11 is 0. The summed E-state index contributed by atoms with van der Waals surface area (Å²) in [4.78, 5) is 11.3. The fourth-order valence-electron chi connectivity index (χ4n) is 1.52. The number of carbonyl (C=O) groups is 1. The second-order valence-electron chi connectivity index (χ2n) is 3.96. The molecule has 0 aliphatic carbocycles. The average Bonchev–Trinajstić information content (AvgIpc) is 2.14. The lowest BCUT2D eigenvalue weighted by atomic mass is 10.0. The summed E-state index contributed by atoms with van der Waals surface area (Å²) in [5, 5.41) is 9.64. The molecule has 1 heterocycles. The molecule has 0 radical (unpaired) electrons. The lowest BCUT2D eigenvalue weighted by molar-refractivity contribution is -0.285. The highest BCUT2D eigenvalue weighted by atomic mass is 16.7. The summed E-state index contributed by atoms with van der Waals surface area (Å²) in [5.41, 5.74) is 0. The molecule has 1 saturated heterocycles. The van der Waals surface area contributed by atoms with Gasteiger partial charge in [-0.05, 0) is 13.8 Å². The first-order valence-electron chi connectivity index (χ1n) is 4.99. The Bertz CT molecular complexity index is 212. The summed E-state index contributed by atoms with van der Waals surface area (Å²) in [6, 6.07) is 0. The minimum atomic E-state index is -1.01. The van der Waals surface area contributed by atoms with Crippen molar-refractivity contribution >= 4 is 5.78 Å². The normalized spacial score (nSPS) is 28.4. The van der Waals surface area contributed by atoms with Crippen molar-refractivity contribution < 1.29 is 19.4 Å². The summed E-state index contributed by atoms with van der Waals surface area (Å²) in [6.07, 6.45) is -0.534. The summed E-state index contributed by atoms with van der Waals surface area (Å²) in [6.45, 7) is 5.81. The third-order valence-electron chi connectivity index (χ3n) is 2.32. The predicted octanol–water partition coefficient (Wildman–Crippen LogP) is 0.868. The third-order valence-corrected chi connectivity index (χ3v) is 2.32. The van der Waals surface area contributed by atoms with E-state index in [-0.39, 0.29) is 5.78 Å². The first-order chi connectivity index (χ1) is 6.46. The van der Waals surface area contributed by atoms with Crippen LogP contribution in [-0.2, 0) is 14.3 Å². The molecule has 0 aromatic carbocycles. The van der Waals surface area contributed by atoms with Crippen molar-refractivity contribution in [2.75, 3.05) is 6.61 Å². The Kier molecular flexibility index (Phi) is 3.64. The van der Waals surface area contributed by atoms with Crippen molar-refractivity contribution in [3.8, 4) is 0 Å². The lowest BCUT2D eigenvalue weighted by Crippen LogP contribution is -2.47. The maximum Gasteiger partial charge on any atom is 0.163 e. The predicted molar refractivity (Wildman–Crippen MR) is 50.8 cm³/mol. The second kappa shape index (κ2) is 4.38. The van der Waals surface area contributed by atoms with E-state index in [0.29, 0.717) is 19.4 Å². The molecule has 1 aliphatic rings. The first-order valence-corrected chi connectivity index (χ1v) is 4.99. The zero-order valence-corrected chi connectivity index (χ0v) is 8.95. The monoisotopic (exact) mass is 202 g/mol. The van der Waals surface area contributed by atoms with E-state index in [1.165, 1.54) is 0 Å². The van der Waals surface area contributed by atoms with Crippen molar-refractivity contribution in [1.82, 2.24) is 0 Å². The van der Waals surface area contributed by atoms with Gasteiger partial charge in [0.15, 0.2) is 11.6 Å². The second-order valence-corrected chi connectivity index (χ2v) is 3.96. The van der Waals surface area contributed by atoms with Crippen LogP contribution in [0.1, 0.15) is 33.6 Å². The molecule has 1 aliphatic heterocycles. The van der Waals surface area contributed by atoms with Gasteiger partial charge in [0.25, 0.3) is 0 Å². The van der Waals surface area contributed by atoms with Crippen LogP contribution in [0.25, 0.3) is 0 Å². The van der Waals surface area contributed by atoms with Crippen molar-refractivity contribution in [3.63, 3.8) is 0 Å². The molecule has 0 aromatic heterocycles. The summed E-state index contributed by atoms with van der Waals surface area (Å²) in [7, 11) is 0. The van der Waals surface area contributed by atoms with E-state index >= 15 is 0 Å². The van der Waals surface area contributed by atoms with Crippen molar-refractivity contribution in [1.29, 1.82) is 0 Å². The highest BCUT2D eigenvalue weighted by Crippen LogP contribution is 2.24. The van der Waals surface area contributed by atoms with E-state index in [4.69, 9.17) is 9.47 Å². The Balaban J connectivity index is 2.56. The Hall–Kier alpha value is -0.450. The summed E-state index contributed by atoms with van der Waals surface area (Å²) < 4.78 is 10.8. The van der Waals surface area contributed by atoms with E-state index in [0.717, 1.165) is 0 Å². The number of rotatable bonds is 3. The zero-order chi connectivity index (χ0) is 10.8. The first kappa shape index (κ1) is 11.6.